The predicted molar refractivity (Wildman–Crippen MR) is 158 cm³/mol. The molecule has 14 heteroatoms. The van der Waals surface area contributed by atoms with Gasteiger partial charge in [0, 0.05) is 36.9 Å². The molecular formula is C27H31N3O8S3. The van der Waals surface area contributed by atoms with Crippen molar-refractivity contribution in [2.24, 2.45) is 0 Å². The Balaban J connectivity index is 0.000000850. The Bertz CT molecular complexity index is 1430. The fourth-order valence-corrected chi connectivity index (χ4v) is 6.28. The van der Waals surface area contributed by atoms with Crippen molar-refractivity contribution in [3.63, 3.8) is 0 Å². The molecule has 1 N–H and O–H groups in total. The lowest BCUT2D eigenvalue weighted by atomic mass is 10.2. The maximum atomic E-state index is 13.0. The maximum absolute atomic E-state index is 13.0. The van der Waals surface area contributed by atoms with Crippen molar-refractivity contribution in [1.82, 2.24) is 9.21 Å². The molecule has 0 atom stereocenters. The average Bonchev–Trinajstić information content (AvgIpc) is 3.70. The molecule has 220 valence electrons. The number of ether oxygens (including phenoxy) is 3. The lowest BCUT2D eigenvalue weighted by molar-refractivity contribution is -0.141. The third kappa shape index (κ3) is 9.23. The fourth-order valence-electron chi connectivity index (χ4n) is 3.45. The van der Waals surface area contributed by atoms with Crippen molar-refractivity contribution in [3.05, 3.63) is 63.0 Å². The van der Waals surface area contributed by atoms with Crippen LogP contribution < -0.4 is 10.1 Å². The standard InChI is InChI=1S/C24H24N2O7S3.C3H7NO/c1-31-21-7-6-18(36(29,30)26-8-10-32-11-9-26)15-20(21)25-23(27)16-33-24(28)19(22-5-3-13-35-22)14-17-4-2-12-34-17;1-4(2)3-5/h2-7,12-15H,8-11,16H2,1H3,(H,25,27);3H,1-2H3. The number of hydrogen-bond acceptors (Lipinski definition) is 10. The Hall–Kier alpha value is -3.56. The van der Waals surface area contributed by atoms with Crippen molar-refractivity contribution in [1.29, 1.82) is 0 Å². The molecule has 1 aliphatic heterocycles. The van der Waals surface area contributed by atoms with Gasteiger partial charge in [-0.05, 0) is 47.2 Å². The molecule has 0 bridgehead atoms. The molecule has 1 fully saturated rings. The molecule has 1 aromatic carbocycles. The number of methoxy groups -OCH3 is 1. The molecule has 1 aliphatic rings. The van der Waals surface area contributed by atoms with Crippen molar-refractivity contribution in [2.75, 3.05) is 59.4 Å². The van der Waals surface area contributed by atoms with E-state index in [0.29, 0.717) is 18.8 Å². The summed E-state index contributed by atoms with van der Waals surface area (Å²) in [5.41, 5.74) is 0.497. The van der Waals surface area contributed by atoms with E-state index in [-0.39, 0.29) is 29.4 Å². The molecule has 4 rings (SSSR count). The molecule has 2 amide bonds. The molecule has 0 spiro atoms. The molecule has 2 aromatic heterocycles. The fraction of sp³-hybridized carbons (Fsp3) is 0.296. The van der Waals surface area contributed by atoms with Gasteiger partial charge in [-0.25, -0.2) is 13.2 Å². The SMILES string of the molecule is CN(C)C=O.COc1ccc(S(=O)(=O)N2CCOCC2)cc1NC(=O)COC(=O)C(=Cc1cccs1)c1cccs1. The zero-order chi connectivity index (χ0) is 29.8. The van der Waals surface area contributed by atoms with E-state index in [2.05, 4.69) is 5.32 Å². The molecule has 0 saturated carbocycles. The number of sulfonamides is 1. The first-order valence-electron chi connectivity index (χ1n) is 12.3. The number of amides is 2. The normalized spacial score (nSPS) is 13.9. The Kier molecular flexibility index (Phi) is 12.0. The number of carbonyl (C=O) groups is 3. The van der Waals surface area contributed by atoms with Gasteiger partial charge >= 0.3 is 5.97 Å². The van der Waals surface area contributed by atoms with Gasteiger partial charge in [-0.1, -0.05) is 12.1 Å². The number of thiophene rings is 2. The minimum atomic E-state index is -3.78. The number of benzene rings is 1. The number of morpholine rings is 1. The lowest BCUT2D eigenvalue weighted by Crippen LogP contribution is -2.40. The summed E-state index contributed by atoms with van der Waals surface area (Å²) in [5, 5.41) is 6.34. The van der Waals surface area contributed by atoms with Gasteiger partial charge in [-0.3, -0.25) is 9.59 Å². The van der Waals surface area contributed by atoms with Crippen LogP contribution in [0.4, 0.5) is 5.69 Å². The zero-order valence-electron chi connectivity index (χ0n) is 22.8. The summed E-state index contributed by atoms with van der Waals surface area (Å²) in [6, 6.07) is 11.6. The topological polar surface area (TPSA) is 132 Å². The highest BCUT2D eigenvalue weighted by Gasteiger charge is 2.27. The van der Waals surface area contributed by atoms with E-state index in [9.17, 15) is 22.8 Å². The maximum Gasteiger partial charge on any atom is 0.340 e. The lowest BCUT2D eigenvalue weighted by Gasteiger charge is -2.26. The van der Waals surface area contributed by atoms with Crippen molar-refractivity contribution in [2.45, 2.75) is 4.90 Å². The van der Waals surface area contributed by atoms with Gasteiger partial charge in [0.05, 0.1) is 36.5 Å². The number of nitrogens with zero attached hydrogens (tertiary/aromatic N) is 2. The summed E-state index contributed by atoms with van der Waals surface area (Å²) >= 11 is 2.87. The molecule has 11 nitrogen and oxygen atoms in total. The second-order valence-electron chi connectivity index (χ2n) is 8.62. The number of hydrogen-bond donors (Lipinski definition) is 1. The molecule has 0 unspecified atom stereocenters. The molecule has 3 heterocycles. The van der Waals surface area contributed by atoms with E-state index in [1.54, 1.807) is 26.2 Å². The Morgan fingerprint density at radius 2 is 1.78 bits per heavy atom. The van der Waals surface area contributed by atoms with E-state index >= 15 is 0 Å². The highest BCUT2D eigenvalue weighted by atomic mass is 32.2. The molecular weight excluding hydrogens is 591 g/mol. The summed E-state index contributed by atoms with van der Waals surface area (Å²) in [6.45, 7) is 0.572. The Labute approximate surface area is 247 Å². The molecule has 0 radical (unpaired) electrons. The smallest absolute Gasteiger partial charge is 0.340 e. The van der Waals surface area contributed by atoms with Crippen LogP contribution >= 0.6 is 22.7 Å². The number of carbonyl (C=O) groups excluding carboxylic acids is 3. The van der Waals surface area contributed by atoms with Crippen LogP contribution in [0.3, 0.4) is 0 Å². The van der Waals surface area contributed by atoms with Crippen molar-refractivity contribution < 1.29 is 37.0 Å². The number of rotatable bonds is 10. The first-order valence-corrected chi connectivity index (χ1v) is 15.5. The van der Waals surface area contributed by atoms with Crippen molar-refractivity contribution >= 4 is 68.3 Å². The zero-order valence-corrected chi connectivity index (χ0v) is 25.2. The summed E-state index contributed by atoms with van der Waals surface area (Å²) in [5.74, 6) is -1.01. The predicted octanol–water partition coefficient (Wildman–Crippen LogP) is 3.27. The second-order valence-corrected chi connectivity index (χ2v) is 12.5. The second kappa shape index (κ2) is 15.4. The first kappa shape index (κ1) is 32.0. The highest BCUT2D eigenvalue weighted by molar-refractivity contribution is 7.89. The summed E-state index contributed by atoms with van der Waals surface area (Å²) in [4.78, 5) is 38.0. The van der Waals surface area contributed by atoms with Crippen LogP contribution in [0.15, 0.2) is 58.1 Å². The van der Waals surface area contributed by atoms with Crippen LogP contribution in [0.2, 0.25) is 0 Å². The molecule has 3 aromatic rings. The van der Waals surface area contributed by atoms with E-state index < -0.39 is 28.5 Å². The van der Waals surface area contributed by atoms with Gasteiger partial charge in [-0.2, -0.15) is 4.31 Å². The number of esters is 1. The largest absolute Gasteiger partial charge is 0.495 e. The van der Waals surface area contributed by atoms with Gasteiger partial charge in [0.15, 0.2) is 6.61 Å². The summed E-state index contributed by atoms with van der Waals surface area (Å²) in [7, 11) is 1.01. The van der Waals surface area contributed by atoms with E-state index in [1.165, 1.54) is 57.2 Å². The molecule has 41 heavy (non-hydrogen) atoms. The third-order valence-corrected chi connectivity index (χ3v) is 9.05. The monoisotopic (exact) mass is 621 g/mol. The van der Waals surface area contributed by atoms with Gasteiger partial charge < -0.3 is 24.4 Å². The van der Waals surface area contributed by atoms with Crippen LogP contribution in [0.25, 0.3) is 11.6 Å². The van der Waals surface area contributed by atoms with Crippen LogP contribution in [0.5, 0.6) is 5.75 Å². The van der Waals surface area contributed by atoms with Crippen LogP contribution in [0, 0.1) is 0 Å². The van der Waals surface area contributed by atoms with Gasteiger partial charge in [0.2, 0.25) is 16.4 Å². The first-order chi connectivity index (χ1) is 19.6. The summed E-state index contributed by atoms with van der Waals surface area (Å²) in [6.07, 6.45) is 2.47. The average molecular weight is 622 g/mol. The van der Waals surface area contributed by atoms with E-state index in [4.69, 9.17) is 14.2 Å². The quantitative estimate of drug-likeness (QED) is 0.207. The van der Waals surface area contributed by atoms with Crippen LogP contribution in [-0.4, -0.2) is 90.0 Å². The Morgan fingerprint density at radius 1 is 1.10 bits per heavy atom. The van der Waals surface area contributed by atoms with Gasteiger partial charge in [0.1, 0.15) is 5.75 Å². The van der Waals surface area contributed by atoms with Crippen molar-refractivity contribution in [3.8, 4) is 5.75 Å². The Morgan fingerprint density at radius 3 is 2.37 bits per heavy atom. The summed E-state index contributed by atoms with van der Waals surface area (Å²) < 4.78 is 43.1. The van der Waals surface area contributed by atoms with Crippen LogP contribution in [0.1, 0.15) is 9.75 Å². The third-order valence-electron chi connectivity index (χ3n) is 5.43. The number of nitrogens with one attached hydrogen (secondary N) is 1. The van der Waals surface area contributed by atoms with Crippen LogP contribution in [-0.2, 0) is 33.9 Å². The minimum Gasteiger partial charge on any atom is -0.495 e. The van der Waals surface area contributed by atoms with Gasteiger partial charge in [-0.15, -0.1) is 22.7 Å². The highest BCUT2D eigenvalue weighted by Crippen LogP contribution is 2.30. The molecule has 1 saturated heterocycles. The molecule has 0 aliphatic carbocycles. The number of anilines is 1. The minimum absolute atomic E-state index is 0.0105. The van der Waals surface area contributed by atoms with Gasteiger partial charge in [0.25, 0.3) is 5.91 Å². The van der Waals surface area contributed by atoms with E-state index in [0.717, 1.165) is 16.2 Å². The van der Waals surface area contributed by atoms with E-state index in [1.807, 2.05) is 29.0 Å².